The number of anilines is 2. The van der Waals surface area contributed by atoms with E-state index in [9.17, 15) is 0 Å². The molecule has 2 aliphatic rings. The van der Waals surface area contributed by atoms with Crippen LogP contribution in [0.3, 0.4) is 0 Å². The van der Waals surface area contributed by atoms with Crippen molar-refractivity contribution in [3.63, 3.8) is 0 Å². The maximum Gasteiger partial charge on any atom is 0.230 e. The van der Waals surface area contributed by atoms with Gasteiger partial charge in [0, 0.05) is 46.3 Å². The Morgan fingerprint density at radius 1 is 0.696 bits per heavy atom. The Labute approximate surface area is 285 Å². The number of nitrogens with zero attached hydrogens (tertiary/aromatic N) is 5. The number of hydrogen-bond acceptors (Lipinski definition) is 8. The fourth-order valence-electron chi connectivity index (χ4n) is 9.02. The maximum absolute atomic E-state index is 5.09. The van der Waals surface area contributed by atoms with Gasteiger partial charge in [-0.15, -0.1) is 0 Å². The number of hydrogen-bond donors (Lipinski definition) is 3. The summed E-state index contributed by atoms with van der Waals surface area (Å²) in [6, 6.07) is 1.01. The third-order valence-electron chi connectivity index (χ3n) is 9.48. The van der Waals surface area contributed by atoms with Crippen LogP contribution in [0.4, 0.5) is 11.9 Å². The molecule has 3 N–H and O–H groups in total. The molecule has 0 spiro atoms. The Morgan fingerprint density at radius 2 is 1.15 bits per heavy atom. The fraction of sp³-hybridized carbons (Fsp3) is 0.921. The van der Waals surface area contributed by atoms with Crippen molar-refractivity contribution < 1.29 is 0 Å². The molecule has 46 heavy (non-hydrogen) atoms. The van der Waals surface area contributed by atoms with Gasteiger partial charge in [-0.05, 0) is 140 Å². The monoisotopic (exact) mass is 645 g/mol. The highest BCUT2D eigenvalue weighted by Gasteiger charge is 2.41. The Kier molecular flexibility index (Phi) is 13.2. The lowest BCUT2D eigenvalue weighted by atomic mass is 9.79. The minimum absolute atomic E-state index is 0. The summed E-state index contributed by atoms with van der Waals surface area (Å²) in [5.41, 5.74) is 0.546. The molecule has 2 fully saturated rings. The predicted molar refractivity (Wildman–Crippen MR) is 200 cm³/mol. The van der Waals surface area contributed by atoms with Crippen LogP contribution in [0.1, 0.15) is 161 Å². The Bertz CT molecular complexity index is 1070. The van der Waals surface area contributed by atoms with Gasteiger partial charge in [0.15, 0.2) is 0 Å². The van der Waals surface area contributed by atoms with E-state index in [2.05, 4.69) is 123 Å². The first kappa shape index (κ1) is 40.7. The van der Waals surface area contributed by atoms with Crippen LogP contribution in [0, 0.1) is 12.3 Å². The first-order valence-electron chi connectivity index (χ1n) is 17.9. The van der Waals surface area contributed by atoms with Crippen molar-refractivity contribution in [2.45, 2.75) is 202 Å². The number of piperidine rings is 2. The van der Waals surface area contributed by atoms with E-state index >= 15 is 0 Å². The molecule has 2 saturated heterocycles. The molecular weight excluding hydrogens is 568 g/mol. The largest absolute Gasteiger partial charge is 0.349 e. The zero-order chi connectivity index (χ0) is 34.1. The summed E-state index contributed by atoms with van der Waals surface area (Å²) in [6.45, 7) is 34.2. The molecule has 2 aliphatic heterocycles. The van der Waals surface area contributed by atoms with Crippen molar-refractivity contribution in [3.05, 3.63) is 5.82 Å². The van der Waals surface area contributed by atoms with Crippen LogP contribution in [0.25, 0.3) is 0 Å². The van der Waals surface area contributed by atoms with E-state index in [4.69, 9.17) is 15.0 Å². The lowest BCUT2D eigenvalue weighted by Gasteiger charge is -2.49. The molecule has 0 bridgehead atoms. The fourth-order valence-corrected chi connectivity index (χ4v) is 9.02. The highest BCUT2D eigenvalue weighted by molar-refractivity contribution is 5.40. The molecule has 0 amide bonds. The summed E-state index contributed by atoms with van der Waals surface area (Å²) in [7, 11) is 2.34. The Morgan fingerprint density at radius 3 is 1.63 bits per heavy atom. The molecule has 8 heteroatoms. The van der Waals surface area contributed by atoms with E-state index in [1.165, 1.54) is 38.6 Å². The van der Waals surface area contributed by atoms with Crippen LogP contribution in [0.15, 0.2) is 0 Å². The second-order valence-electron chi connectivity index (χ2n) is 19.3. The second kappa shape index (κ2) is 14.9. The molecule has 268 valence electrons. The van der Waals surface area contributed by atoms with Crippen molar-refractivity contribution in [2.24, 2.45) is 5.41 Å². The molecule has 1 aromatic heterocycles. The number of nitrogens with one attached hydrogen (secondary N) is 3. The Balaban J connectivity index is 0.00000736. The molecule has 0 saturated carbocycles. The minimum Gasteiger partial charge on any atom is -0.349 e. The first-order valence-corrected chi connectivity index (χ1v) is 17.9. The van der Waals surface area contributed by atoms with Crippen molar-refractivity contribution >= 4 is 11.9 Å². The van der Waals surface area contributed by atoms with Gasteiger partial charge in [0.25, 0.3) is 0 Å². The summed E-state index contributed by atoms with van der Waals surface area (Å²) >= 11 is 0. The smallest absolute Gasteiger partial charge is 0.230 e. The first-order chi connectivity index (χ1) is 20.4. The van der Waals surface area contributed by atoms with Gasteiger partial charge in [-0.3, -0.25) is 0 Å². The van der Waals surface area contributed by atoms with Gasteiger partial charge < -0.3 is 25.8 Å². The molecular formula is C38H76N8. The molecule has 8 nitrogen and oxygen atoms in total. The van der Waals surface area contributed by atoms with Gasteiger partial charge in [-0.2, -0.15) is 15.0 Å². The third-order valence-corrected chi connectivity index (χ3v) is 9.48. The predicted octanol–water partition coefficient (Wildman–Crippen LogP) is 8.36. The highest BCUT2D eigenvalue weighted by atomic mass is 15.3. The third kappa shape index (κ3) is 13.2. The number of unbranched alkanes of at least 4 members (excludes halogenated alkanes) is 3. The van der Waals surface area contributed by atoms with E-state index < -0.39 is 0 Å². The van der Waals surface area contributed by atoms with Crippen molar-refractivity contribution in [3.8, 4) is 0 Å². The van der Waals surface area contributed by atoms with Gasteiger partial charge in [-0.25, -0.2) is 0 Å². The van der Waals surface area contributed by atoms with Gasteiger partial charge >= 0.3 is 0 Å². The van der Waals surface area contributed by atoms with Crippen LogP contribution in [0.2, 0.25) is 0 Å². The number of aromatic nitrogens is 3. The summed E-state index contributed by atoms with van der Waals surface area (Å²) in [4.78, 5) is 19.9. The van der Waals surface area contributed by atoms with E-state index in [-0.39, 0.29) is 40.5 Å². The zero-order valence-electron chi connectivity index (χ0n) is 32.2. The average Bonchev–Trinajstić information content (AvgIpc) is 2.76. The maximum atomic E-state index is 5.09. The van der Waals surface area contributed by atoms with Crippen LogP contribution in [-0.4, -0.2) is 79.8 Å². The summed E-state index contributed by atoms with van der Waals surface area (Å²) in [5, 5.41) is 11.4. The molecule has 0 unspecified atom stereocenters. The normalized spacial score (nSPS) is 21.6. The summed E-state index contributed by atoms with van der Waals surface area (Å²) < 4.78 is 0. The standard InChI is InChI=1S/C37H72N8.CH4/c1-27-38-30(41-37(13,14)26-32(2,3)4)40-31(39-27)45(29-24-35(9,10)43-36(11,12)25-29)21-19-17-16-18-20-44(15)28-22-33(5,6)42-34(7,8)23-28;/h28-29,42-43H,16-26H2,1-15H3,(H,38,39,40,41);1H4. The lowest BCUT2D eigenvalue weighted by molar-refractivity contribution is 0.0805. The van der Waals surface area contributed by atoms with E-state index in [1.54, 1.807) is 0 Å². The van der Waals surface area contributed by atoms with E-state index in [0.717, 1.165) is 44.0 Å². The van der Waals surface area contributed by atoms with Crippen LogP contribution < -0.4 is 20.9 Å². The molecule has 0 radical (unpaired) electrons. The Hall–Kier alpha value is -1.51. The molecule has 3 heterocycles. The number of aryl methyl sites for hydroxylation is 1. The average molecular weight is 645 g/mol. The number of rotatable bonds is 13. The lowest BCUT2D eigenvalue weighted by Crippen LogP contribution is -2.62. The zero-order valence-corrected chi connectivity index (χ0v) is 32.2. The minimum atomic E-state index is -0.125. The quantitative estimate of drug-likeness (QED) is 0.185. The van der Waals surface area contributed by atoms with Crippen molar-refractivity contribution in [2.75, 3.05) is 30.4 Å². The van der Waals surface area contributed by atoms with Gasteiger partial charge in [0.05, 0.1) is 0 Å². The summed E-state index contributed by atoms with van der Waals surface area (Å²) in [5.74, 6) is 2.29. The van der Waals surface area contributed by atoms with Gasteiger partial charge in [-0.1, -0.05) is 41.0 Å². The molecule has 0 aliphatic carbocycles. The van der Waals surface area contributed by atoms with Crippen molar-refractivity contribution in [1.82, 2.24) is 30.5 Å². The second-order valence-corrected chi connectivity index (χ2v) is 19.3. The van der Waals surface area contributed by atoms with Crippen molar-refractivity contribution in [1.29, 1.82) is 0 Å². The summed E-state index contributed by atoms with van der Waals surface area (Å²) in [6.07, 6.45) is 10.4. The SMILES string of the molecule is C.Cc1nc(NC(C)(C)CC(C)(C)C)nc(N(CCCCCCN(C)C2CC(C)(C)NC(C)(C)C2)C2CC(C)(C)NC(C)(C)C2)n1. The molecule has 3 rings (SSSR count). The topological polar surface area (TPSA) is 81.2 Å². The van der Waals surface area contributed by atoms with Crippen LogP contribution in [-0.2, 0) is 0 Å². The van der Waals surface area contributed by atoms with Crippen LogP contribution in [0.5, 0.6) is 0 Å². The van der Waals surface area contributed by atoms with Gasteiger partial charge in [0.1, 0.15) is 5.82 Å². The molecule has 1 aromatic rings. The van der Waals surface area contributed by atoms with E-state index in [1.807, 2.05) is 6.92 Å². The van der Waals surface area contributed by atoms with Crippen LogP contribution >= 0.6 is 0 Å². The highest BCUT2D eigenvalue weighted by Crippen LogP contribution is 2.35. The molecule has 0 aromatic carbocycles. The van der Waals surface area contributed by atoms with E-state index in [0.29, 0.717) is 18.0 Å². The molecule has 0 atom stereocenters. The van der Waals surface area contributed by atoms with Gasteiger partial charge in [0.2, 0.25) is 11.9 Å².